The Hall–Kier alpha value is -1.75. The van der Waals surface area contributed by atoms with Gasteiger partial charge in [0, 0.05) is 44.0 Å². The number of ether oxygens (including phenoxy) is 1. The lowest BCUT2D eigenvalue weighted by Gasteiger charge is -2.38. The lowest BCUT2D eigenvalue weighted by atomic mass is 10.1. The van der Waals surface area contributed by atoms with E-state index in [1.807, 2.05) is 19.1 Å². The monoisotopic (exact) mass is 331 g/mol. The van der Waals surface area contributed by atoms with Crippen LogP contribution in [0.4, 0.5) is 5.69 Å². The molecule has 1 aromatic carbocycles. The van der Waals surface area contributed by atoms with E-state index in [4.69, 9.17) is 4.74 Å². The lowest BCUT2D eigenvalue weighted by molar-refractivity contribution is -0.126. The van der Waals surface area contributed by atoms with Crippen molar-refractivity contribution in [3.05, 3.63) is 24.3 Å². The van der Waals surface area contributed by atoms with Crippen molar-refractivity contribution in [3.8, 4) is 5.75 Å². The van der Waals surface area contributed by atoms with Crippen LogP contribution in [0.25, 0.3) is 0 Å². The third-order valence-corrected chi connectivity index (χ3v) is 5.36. The highest BCUT2D eigenvalue weighted by Gasteiger charge is 2.27. The summed E-state index contributed by atoms with van der Waals surface area (Å²) >= 11 is 0. The number of benzene rings is 1. The average molecular weight is 331 g/mol. The molecule has 1 heterocycles. The van der Waals surface area contributed by atoms with E-state index in [1.165, 1.54) is 18.5 Å². The van der Waals surface area contributed by atoms with Crippen LogP contribution in [0.3, 0.4) is 0 Å². The van der Waals surface area contributed by atoms with Crippen molar-refractivity contribution < 1.29 is 9.53 Å². The van der Waals surface area contributed by atoms with Gasteiger partial charge < -0.3 is 15.0 Å². The number of hydrogen-bond donors (Lipinski definition) is 1. The molecule has 5 heteroatoms. The van der Waals surface area contributed by atoms with E-state index in [-0.39, 0.29) is 11.9 Å². The fourth-order valence-corrected chi connectivity index (χ4v) is 3.73. The number of anilines is 1. The molecule has 0 radical (unpaired) electrons. The number of nitrogens with zero attached hydrogens (tertiary/aromatic N) is 2. The number of carbonyl (C=O) groups excluding carboxylic acids is 1. The molecule has 24 heavy (non-hydrogen) atoms. The van der Waals surface area contributed by atoms with Crippen LogP contribution in [0.5, 0.6) is 5.75 Å². The molecule has 0 bridgehead atoms. The van der Waals surface area contributed by atoms with Crippen molar-refractivity contribution in [2.45, 2.75) is 44.7 Å². The zero-order valence-corrected chi connectivity index (χ0v) is 14.8. The Morgan fingerprint density at radius 2 is 1.92 bits per heavy atom. The van der Waals surface area contributed by atoms with Crippen LogP contribution in [0.2, 0.25) is 0 Å². The van der Waals surface area contributed by atoms with Crippen molar-refractivity contribution in [3.63, 3.8) is 0 Å². The number of hydrogen-bond acceptors (Lipinski definition) is 4. The van der Waals surface area contributed by atoms with Crippen LogP contribution < -0.4 is 15.0 Å². The lowest BCUT2D eigenvalue weighted by Crippen LogP contribution is -2.54. The summed E-state index contributed by atoms with van der Waals surface area (Å²) in [7, 11) is 1.70. The summed E-state index contributed by atoms with van der Waals surface area (Å²) in [6, 6.07) is 8.55. The van der Waals surface area contributed by atoms with Gasteiger partial charge in [-0.25, -0.2) is 0 Å². The van der Waals surface area contributed by atoms with Crippen molar-refractivity contribution in [2.75, 3.05) is 38.2 Å². The van der Waals surface area contributed by atoms with Gasteiger partial charge in [0.2, 0.25) is 5.91 Å². The van der Waals surface area contributed by atoms with Gasteiger partial charge in [-0.15, -0.1) is 0 Å². The standard InChI is InChI=1S/C19H29N3O2/c1-15(19(23)20-16-6-3-4-7-16)21-10-12-22(13-11-21)17-8-5-9-18(14-17)24-2/h5,8-9,14-16H,3-4,6-7,10-13H2,1-2H3,(H,20,23)/t15-/m0/s1. The third kappa shape index (κ3) is 4.01. The number of nitrogens with one attached hydrogen (secondary N) is 1. The molecule has 1 aromatic rings. The summed E-state index contributed by atoms with van der Waals surface area (Å²) in [6.07, 6.45) is 4.78. The van der Waals surface area contributed by atoms with Crippen LogP contribution in [0.15, 0.2) is 24.3 Å². The molecule has 0 aromatic heterocycles. The Kier molecular flexibility index (Phi) is 5.61. The first kappa shape index (κ1) is 17.1. The second kappa shape index (κ2) is 7.88. The Labute approximate surface area is 145 Å². The predicted molar refractivity (Wildman–Crippen MR) is 96.6 cm³/mol. The van der Waals surface area contributed by atoms with E-state index in [2.05, 4.69) is 27.2 Å². The minimum absolute atomic E-state index is 0.0435. The topological polar surface area (TPSA) is 44.8 Å². The molecule has 1 saturated heterocycles. The van der Waals surface area contributed by atoms with Gasteiger partial charge >= 0.3 is 0 Å². The normalized spacial score (nSPS) is 20.8. The van der Waals surface area contributed by atoms with Crippen molar-refractivity contribution in [1.82, 2.24) is 10.2 Å². The van der Waals surface area contributed by atoms with Gasteiger partial charge in [-0.1, -0.05) is 18.9 Å². The predicted octanol–water partition coefficient (Wildman–Crippen LogP) is 2.26. The first-order chi connectivity index (χ1) is 11.7. The second-order valence-electron chi connectivity index (χ2n) is 6.89. The largest absolute Gasteiger partial charge is 0.497 e. The molecule has 132 valence electrons. The van der Waals surface area contributed by atoms with Gasteiger partial charge in [0.05, 0.1) is 13.2 Å². The SMILES string of the molecule is COc1cccc(N2CCN([C@@H](C)C(=O)NC3CCCC3)CC2)c1. The molecule has 1 N–H and O–H groups in total. The van der Waals surface area contributed by atoms with Crippen molar-refractivity contribution in [1.29, 1.82) is 0 Å². The molecule has 2 aliphatic rings. The summed E-state index contributed by atoms with van der Waals surface area (Å²) in [5.41, 5.74) is 1.19. The minimum Gasteiger partial charge on any atom is -0.497 e. The summed E-state index contributed by atoms with van der Waals surface area (Å²) in [5, 5.41) is 3.22. The van der Waals surface area contributed by atoms with Gasteiger partial charge in [-0.3, -0.25) is 9.69 Å². The molecule has 1 aliphatic heterocycles. The Morgan fingerprint density at radius 3 is 2.58 bits per heavy atom. The van der Waals surface area contributed by atoms with Gasteiger partial charge in [-0.2, -0.15) is 0 Å². The highest BCUT2D eigenvalue weighted by atomic mass is 16.5. The Morgan fingerprint density at radius 1 is 1.21 bits per heavy atom. The quantitative estimate of drug-likeness (QED) is 0.899. The van der Waals surface area contributed by atoms with E-state index in [9.17, 15) is 4.79 Å². The van der Waals surface area contributed by atoms with Gasteiger partial charge in [0.1, 0.15) is 5.75 Å². The second-order valence-corrected chi connectivity index (χ2v) is 6.89. The maximum absolute atomic E-state index is 12.5. The zero-order valence-electron chi connectivity index (χ0n) is 14.8. The van der Waals surface area contributed by atoms with Gasteiger partial charge in [0.25, 0.3) is 0 Å². The van der Waals surface area contributed by atoms with Crippen LogP contribution in [-0.4, -0.2) is 56.2 Å². The van der Waals surface area contributed by atoms with Crippen molar-refractivity contribution in [2.24, 2.45) is 0 Å². The smallest absolute Gasteiger partial charge is 0.237 e. The molecule has 2 fully saturated rings. The number of amides is 1. The number of piperazine rings is 1. The average Bonchev–Trinajstić information content (AvgIpc) is 3.14. The summed E-state index contributed by atoms with van der Waals surface area (Å²) < 4.78 is 5.31. The van der Waals surface area contributed by atoms with E-state index >= 15 is 0 Å². The maximum atomic E-state index is 12.5. The molecule has 0 spiro atoms. The van der Waals surface area contributed by atoms with E-state index in [0.29, 0.717) is 6.04 Å². The summed E-state index contributed by atoms with van der Waals surface area (Å²) in [5.74, 6) is 1.08. The number of rotatable bonds is 5. The molecular weight excluding hydrogens is 302 g/mol. The molecule has 1 amide bonds. The molecule has 3 rings (SSSR count). The Bertz CT molecular complexity index is 549. The molecule has 1 atom stereocenters. The van der Waals surface area contributed by atoms with E-state index in [1.54, 1.807) is 7.11 Å². The summed E-state index contributed by atoms with van der Waals surface area (Å²) in [6.45, 7) is 5.74. The first-order valence-electron chi connectivity index (χ1n) is 9.11. The molecule has 1 saturated carbocycles. The van der Waals surface area contributed by atoms with Crippen LogP contribution >= 0.6 is 0 Å². The van der Waals surface area contributed by atoms with E-state index in [0.717, 1.165) is 44.8 Å². The minimum atomic E-state index is -0.0435. The van der Waals surface area contributed by atoms with Crippen LogP contribution in [0.1, 0.15) is 32.6 Å². The molecule has 0 unspecified atom stereocenters. The van der Waals surface area contributed by atoms with Crippen LogP contribution in [0, 0.1) is 0 Å². The summed E-state index contributed by atoms with van der Waals surface area (Å²) in [4.78, 5) is 17.1. The molecule has 5 nitrogen and oxygen atoms in total. The maximum Gasteiger partial charge on any atom is 0.237 e. The number of methoxy groups -OCH3 is 1. The Balaban J connectivity index is 1.51. The first-order valence-corrected chi connectivity index (χ1v) is 9.11. The zero-order chi connectivity index (χ0) is 16.9. The molecule has 1 aliphatic carbocycles. The van der Waals surface area contributed by atoms with E-state index < -0.39 is 0 Å². The third-order valence-electron chi connectivity index (χ3n) is 5.36. The van der Waals surface area contributed by atoms with Gasteiger partial charge in [-0.05, 0) is 31.9 Å². The van der Waals surface area contributed by atoms with Crippen LogP contribution in [-0.2, 0) is 4.79 Å². The van der Waals surface area contributed by atoms with Gasteiger partial charge in [0.15, 0.2) is 0 Å². The fraction of sp³-hybridized carbons (Fsp3) is 0.632. The van der Waals surface area contributed by atoms with Crippen molar-refractivity contribution >= 4 is 11.6 Å². The number of carbonyl (C=O) groups is 1. The highest BCUT2D eigenvalue weighted by molar-refractivity contribution is 5.81. The fourth-order valence-electron chi connectivity index (χ4n) is 3.73. The highest BCUT2D eigenvalue weighted by Crippen LogP contribution is 2.23. The molecular formula is C19H29N3O2.